The van der Waals surface area contributed by atoms with Crippen LogP contribution in [-0.2, 0) is 0 Å². The van der Waals surface area contributed by atoms with Gasteiger partial charge in [0, 0.05) is 36.1 Å². The van der Waals surface area contributed by atoms with E-state index < -0.39 is 11.8 Å². The maximum absolute atomic E-state index is 10.6. The van der Waals surface area contributed by atoms with Crippen molar-refractivity contribution in [1.82, 2.24) is 19.4 Å². The van der Waals surface area contributed by atoms with E-state index in [0.29, 0.717) is 29.5 Å². The Hall–Kier alpha value is -2.07. The van der Waals surface area contributed by atoms with Crippen molar-refractivity contribution in [3.8, 4) is 0 Å². The van der Waals surface area contributed by atoms with Gasteiger partial charge in [-0.3, -0.25) is 4.40 Å². The summed E-state index contributed by atoms with van der Waals surface area (Å²) in [6, 6.07) is 1.78. The van der Waals surface area contributed by atoms with Gasteiger partial charge in [-0.1, -0.05) is 23.4 Å². The number of anilines is 2. The smallest absolute Gasteiger partial charge is 0.210 e. The number of nitrogens with two attached hydrogens (primary N) is 1. The van der Waals surface area contributed by atoms with E-state index in [1.54, 1.807) is 35.3 Å². The van der Waals surface area contributed by atoms with Gasteiger partial charge < -0.3 is 21.3 Å². The van der Waals surface area contributed by atoms with Gasteiger partial charge >= 0.3 is 0 Å². The number of pyridine rings is 1. The third-order valence-electron chi connectivity index (χ3n) is 4.30. The van der Waals surface area contributed by atoms with E-state index in [0.717, 1.165) is 9.79 Å². The summed E-state index contributed by atoms with van der Waals surface area (Å²) in [6.45, 7) is 0. The highest BCUT2D eigenvalue weighted by Crippen LogP contribution is 2.37. The molecule has 10 heteroatoms. The first-order chi connectivity index (χ1) is 12.5. The zero-order valence-corrected chi connectivity index (χ0v) is 15.2. The van der Waals surface area contributed by atoms with Crippen LogP contribution in [0.3, 0.4) is 0 Å². The molecule has 3 aromatic rings. The Bertz CT molecular complexity index is 967. The van der Waals surface area contributed by atoms with Gasteiger partial charge in [-0.2, -0.15) is 0 Å². The fourth-order valence-corrected chi connectivity index (χ4v) is 4.16. The lowest BCUT2D eigenvalue weighted by atomic mass is 10.2. The van der Waals surface area contributed by atoms with Crippen molar-refractivity contribution in [1.29, 1.82) is 0 Å². The van der Waals surface area contributed by atoms with Crippen LogP contribution in [0.4, 0.5) is 11.8 Å². The molecule has 0 aromatic carbocycles. The lowest BCUT2D eigenvalue weighted by Crippen LogP contribution is -2.36. The normalized spacial score (nSPS) is 22.8. The number of imidazole rings is 1. The summed E-state index contributed by atoms with van der Waals surface area (Å²) in [4.78, 5) is 14.3. The number of nitrogen functional groups attached to an aromatic ring is 1. The van der Waals surface area contributed by atoms with Crippen molar-refractivity contribution in [3.63, 3.8) is 0 Å². The van der Waals surface area contributed by atoms with Gasteiger partial charge in [-0.15, -0.1) is 0 Å². The molecule has 0 amide bonds. The molecule has 3 aromatic heterocycles. The van der Waals surface area contributed by atoms with Crippen LogP contribution in [0.2, 0.25) is 5.02 Å². The number of aliphatic hydroxyl groups excluding tert-OH is 1. The van der Waals surface area contributed by atoms with E-state index in [9.17, 15) is 10.2 Å². The van der Waals surface area contributed by atoms with Gasteiger partial charge in [0.25, 0.3) is 0 Å². The minimum absolute atomic E-state index is 0.257. The summed E-state index contributed by atoms with van der Waals surface area (Å²) >= 11 is 7.61. The maximum Gasteiger partial charge on any atom is 0.210 e. The van der Waals surface area contributed by atoms with E-state index in [-0.39, 0.29) is 12.2 Å². The summed E-state index contributed by atoms with van der Waals surface area (Å²) in [5.41, 5.74) is 5.25. The molecule has 136 valence electrons. The zero-order chi connectivity index (χ0) is 18.3. The average Bonchev–Trinajstić information content (AvgIpc) is 3.21. The van der Waals surface area contributed by atoms with Crippen LogP contribution in [-0.4, -0.2) is 41.4 Å². The molecule has 0 saturated heterocycles. The van der Waals surface area contributed by atoms with Crippen molar-refractivity contribution >= 4 is 40.8 Å². The van der Waals surface area contributed by atoms with Crippen LogP contribution in [0.1, 0.15) is 19.3 Å². The van der Waals surface area contributed by atoms with Crippen molar-refractivity contribution in [2.75, 3.05) is 11.1 Å². The predicted octanol–water partition coefficient (Wildman–Crippen LogP) is 2.16. The van der Waals surface area contributed by atoms with Crippen molar-refractivity contribution < 1.29 is 10.2 Å². The van der Waals surface area contributed by atoms with Crippen LogP contribution in [0, 0.1) is 0 Å². The Morgan fingerprint density at radius 2 is 2.15 bits per heavy atom. The van der Waals surface area contributed by atoms with Gasteiger partial charge in [-0.05, 0) is 18.9 Å². The minimum Gasteiger partial charge on any atom is -0.393 e. The molecule has 1 aliphatic carbocycles. The molecule has 4 rings (SSSR count). The van der Waals surface area contributed by atoms with Gasteiger partial charge in [0.15, 0.2) is 5.65 Å². The number of nitrogens with one attached hydrogen (secondary N) is 1. The quantitative estimate of drug-likeness (QED) is 0.498. The summed E-state index contributed by atoms with van der Waals surface area (Å²) in [5.74, 6) is 0.725. The minimum atomic E-state index is -1.18. The molecule has 1 saturated carbocycles. The third kappa shape index (κ3) is 3.18. The SMILES string of the molecule is Nc1nccc(Sc2cnc(NC3(O)CC[C@@H](O)C3)n3ccnc23)c1Cl. The van der Waals surface area contributed by atoms with Gasteiger partial charge in [-0.25, -0.2) is 15.0 Å². The second kappa shape index (κ2) is 6.58. The van der Waals surface area contributed by atoms with E-state index in [1.807, 2.05) is 0 Å². The molecular weight excluding hydrogens is 376 g/mol. The molecule has 5 N–H and O–H groups in total. The van der Waals surface area contributed by atoms with Crippen molar-refractivity contribution in [2.45, 2.75) is 40.9 Å². The molecule has 26 heavy (non-hydrogen) atoms. The molecule has 2 atom stereocenters. The lowest BCUT2D eigenvalue weighted by Gasteiger charge is -2.25. The van der Waals surface area contributed by atoms with Gasteiger partial charge in [0.1, 0.15) is 11.5 Å². The van der Waals surface area contributed by atoms with Gasteiger partial charge in [0.2, 0.25) is 5.95 Å². The summed E-state index contributed by atoms with van der Waals surface area (Å²) in [6.07, 6.45) is 7.41. The monoisotopic (exact) mass is 392 g/mol. The molecule has 1 aliphatic rings. The predicted molar refractivity (Wildman–Crippen MR) is 99.2 cm³/mol. The fourth-order valence-electron chi connectivity index (χ4n) is 3.02. The zero-order valence-electron chi connectivity index (χ0n) is 13.6. The van der Waals surface area contributed by atoms with E-state index in [2.05, 4.69) is 20.3 Å². The van der Waals surface area contributed by atoms with E-state index >= 15 is 0 Å². The van der Waals surface area contributed by atoms with Crippen LogP contribution in [0.15, 0.2) is 40.6 Å². The standard InChI is InChI=1S/C16H17ClN6O2S/c17-12-10(2-4-19-13(12)18)26-11-8-21-15(23-6-5-20-14(11)23)22-16(25)3-1-9(24)7-16/h2,4-6,8-9,24-25H,1,3,7H2,(H2,18,19)(H,21,22)/t9-,16?/m1/s1. The number of aliphatic hydroxyl groups is 2. The average molecular weight is 393 g/mol. The Morgan fingerprint density at radius 3 is 2.92 bits per heavy atom. The second-order valence-electron chi connectivity index (χ2n) is 6.23. The summed E-state index contributed by atoms with van der Waals surface area (Å²) in [7, 11) is 0. The maximum atomic E-state index is 10.6. The number of halogens is 1. The molecular formula is C16H17ClN6O2S. The third-order valence-corrected chi connectivity index (χ3v) is 5.88. The number of hydrogen-bond acceptors (Lipinski definition) is 8. The Kier molecular flexibility index (Phi) is 4.39. The Morgan fingerprint density at radius 1 is 1.31 bits per heavy atom. The van der Waals surface area contributed by atoms with Crippen LogP contribution in [0.5, 0.6) is 0 Å². The Balaban J connectivity index is 1.67. The Labute approximate surface area is 158 Å². The van der Waals surface area contributed by atoms with E-state index in [4.69, 9.17) is 17.3 Å². The number of fused-ring (bicyclic) bond motifs is 1. The first-order valence-electron chi connectivity index (χ1n) is 8.04. The largest absolute Gasteiger partial charge is 0.393 e. The number of rotatable bonds is 4. The molecule has 1 unspecified atom stereocenters. The molecule has 8 nitrogen and oxygen atoms in total. The molecule has 0 aliphatic heterocycles. The highest BCUT2D eigenvalue weighted by Gasteiger charge is 2.37. The van der Waals surface area contributed by atoms with Gasteiger partial charge in [0.05, 0.1) is 16.0 Å². The van der Waals surface area contributed by atoms with Crippen molar-refractivity contribution in [2.24, 2.45) is 0 Å². The molecule has 3 heterocycles. The number of hydrogen-bond donors (Lipinski definition) is 4. The number of aromatic nitrogens is 4. The first kappa shape index (κ1) is 17.3. The molecule has 0 spiro atoms. The van der Waals surface area contributed by atoms with Crippen LogP contribution >= 0.6 is 23.4 Å². The fraction of sp³-hybridized carbons (Fsp3) is 0.312. The molecule has 0 radical (unpaired) electrons. The van der Waals surface area contributed by atoms with E-state index in [1.165, 1.54) is 11.8 Å². The highest BCUT2D eigenvalue weighted by molar-refractivity contribution is 7.99. The number of nitrogens with zero attached hydrogens (tertiary/aromatic N) is 4. The first-order valence-corrected chi connectivity index (χ1v) is 9.23. The van der Waals surface area contributed by atoms with Crippen LogP contribution in [0.25, 0.3) is 5.65 Å². The second-order valence-corrected chi connectivity index (χ2v) is 7.69. The lowest BCUT2D eigenvalue weighted by molar-refractivity contribution is 0.0582. The summed E-state index contributed by atoms with van der Waals surface area (Å²) in [5, 5.41) is 23.7. The molecule has 0 bridgehead atoms. The topological polar surface area (TPSA) is 122 Å². The summed E-state index contributed by atoms with van der Waals surface area (Å²) < 4.78 is 1.75. The van der Waals surface area contributed by atoms with Crippen molar-refractivity contribution in [3.05, 3.63) is 35.9 Å². The highest BCUT2D eigenvalue weighted by atomic mass is 35.5. The van der Waals surface area contributed by atoms with Crippen LogP contribution < -0.4 is 11.1 Å². The molecule has 1 fully saturated rings.